The summed E-state index contributed by atoms with van der Waals surface area (Å²) in [7, 11) is 1.65. The summed E-state index contributed by atoms with van der Waals surface area (Å²) in [5, 5.41) is 5.99. The number of nitrogens with zero attached hydrogens (tertiary/aromatic N) is 2. The fraction of sp³-hybridized carbons (Fsp3) is 0.500. The van der Waals surface area contributed by atoms with Crippen molar-refractivity contribution in [1.82, 2.24) is 15.2 Å². The standard InChI is InChI=1S/C20H27N3O3S/c1-5-16-10-23(9-15-8-17(25-4)6-7-18(15)26-16)11-19(24)22-14(3)20-21-13(2)12-27-20/h6-8,12,14,16H,5,9-11H2,1-4H3,(H,22,24). The Kier molecular flexibility index (Phi) is 6.34. The van der Waals surface area contributed by atoms with Gasteiger partial charge in [0, 0.05) is 29.7 Å². The van der Waals surface area contributed by atoms with E-state index in [0.717, 1.165) is 34.2 Å². The van der Waals surface area contributed by atoms with Crippen molar-refractivity contribution in [3.63, 3.8) is 0 Å². The number of carbonyl (C=O) groups excluding carboxylic acids is 1. The second kappa shape index (κ2) is 8.71. The van der Waals surface area contributed by atoms with E-state index in [1.165, 1.54) is 0 Å². The summed E-state index contributed by atoms with van der Waals surface area (Å²) in [6.45, 7) is 7.72. The van der Waals surface area contributed by atoms with Gasteiger partial charge in [-0.1, -0.05) is 6.92 Å². The van der Waals surface area contributed by atoms with Gasteiger partial charge in [0.05, 0.1) is 19.7 Å². The van der Waals surface area contributed by atoms with Crippen molar-refractivity contribution < 1.29 is 14.3 Å². The van der Waals surface area contributed by atoms with Crippen molar-refractivity contribution in [3.05, 3.63) is 39.8 Å². The zero-order valence-corrected chi connectivity index (χ0v) is 17.1. The quantitative estimate of drug-likeness (QED) is 0.821. The molecule has 0 radical (unpaired) electrons. The summed E-state index contributed by atoms with van der Waals surface area (Å²) in [5.41, 5.74) is 2.03. The van der Waals surface area contributed by atoms with Crippen molar-refractivity contribution in [1.29, 1.82) is 0 Å². The van der Waals surface area contributed by atoms with Crippen molar-refractivity contribution in [2.45, 2.75) is 45.9 Å². The molecule has 3 rings (SSSR count). The predicted octanol–water partition coefficient (Wildman–Crippen LogP) is 3.31. The van der Waals surface area contributed by atoms with Crippen LogP contribution < -0.4 is 14.8 Å². The van der Waals surface area contributed by atoms with Gasteiger partial charge in [0.25, 0.3) is 0 Å². The molecule has 0 bridgehead atoms. The van der Waals surface area contributed by atoms with E-state index in [9.17, 15) is 4.79 Å². The molecule has 1 amide bonds. The molecule has 2 aromatic rings. The Labute approximate surface area is 164 Å². The molecule has 0 aliphatic carbocycles. The third kappa shape index (κ3) is 4.99. The topological polar surface area (TPSA) is 63.7 Å². The van der Waals surface area contributed by atoms with Crippen LogP contribution in [0.1, 0.15) is 42.6 Å². The molecule has 1 aliphatic rings. The molecule has 1 aromatic carbocycles. The highest BCUT2D eigenvalue weighted by atomic mass is 32.1. The highest BCUT2D eigenvalue weighted by Gasteiger charge is 2.24. The van der Waals surface area contributed by atoms with Crippen LogP contribution in [0.3, 0.4) is 0 Å². The Morgan fingerprint density at radius 2 is 2.33 bits per heavy atom. The minimum Gasteiger partial charge on any atom is -0.497 e. The molecule has 1 N–H and O–H groups in total. The summed E-state index contributed by atoms with van der Waals surface area (Å²) in [4.78, 5) is 19.2. The van der Waals surface area contributed by atoms with Gasteiger partial charge < -0.3 is 14.8 Å². The second-order valence-corrected chi connectivity index (χ2v) is 7.80. The summed E-state index contributed by atoms with van der Waals surface area (Å²) >= 11 is 1.57. The van der Waals surface area contributed by atoms with Crippen LogP contribution in [0.15, 0.2) is 23.6 Å². The lowest BCUT2D eigenvalue weighted by Gasteiger charge is -2.23. The lowest BCUT2D eigenvalue weighted by atomic mass is 10.1. The Morgan fingerprint density at radius 1 is 1.52 bits per heavy atom. The van der Waals surface area contributed by atoms with Gasteiger partial charge in [-0.15, -0.1) is 11.3 Å². The van der Waals surface area contributed by atoms with Gasteiger partial charge in [0.2, 0.25) is 5.91 Å². The molecule has 146 valence electrons. The van der Waals surface area contributed by atoms with E-state index in [0.29, 0.717) is 19.6 Å². The van der Waals surface area contributed by atoms with E-state index < -0.39 is 0 Å². The Morgan fingerprint density at radius 3 is 3.00 bits per heavy atom. The van der Waals surface area contributed by atoms with Gasteiger partial charge >= 0.3 is 0 Å². The molecule has 0 saturated carbocycles. The molecule has 7 heteroatoms. The maximum absolute atomic E-state index is 12.6. The third-order valence-electron chi connectivity index (χ3n) is 4.62. The number of ether oxygens (including phenoxy) is 2. The number of hydrogen-bond donors (Lipinski definition) is 1. The second-order valence-electron chi connectivity index (χ2n) is 6.91. The van der Waals surface area contributed by atoms with E-state index in [1.54, 1.807) is 18.4 Å². The maximum atomic E-state index is 12.6. The number of amides is 1. The first-order chi connectivity index (χ1) is 13.0. The van der Waals surface area contributed by atoms with Gasteiger partial charge in [-0.25, -0.2) is 4.98 Å². The van der Waals surface area contributed by atoms with Crippen molar-refractivity contribution >= 4 is 17.2 Å². The minimum absolute atomic E-state index is 0.00319. The number of fused-ring (bicyclic) bond motifs is 1. The molecule has 1 aromatic heterocycles. The average molecular weight is 390 g/mol. The van der Waals surface area contributed by atoms with Crippen LogP contribution in [0.5, 0.6) is 11.5 Å². The normalized spacial score (nSPS) is 18.1. The Bertz CT molecular complexity index is 793. The van der Waals surface area contributed by atoms with Crippen LogP contribution >= 0.6 is 11.3 Å². The third-order valence-corrected chi connectivity index (χ3v) is 5.77. The Balaban J connectivity index is 1.68. The number of aryl methyl sites for hydroxylation is 1. The van der Waals surface area contributed by atoms with Crippen LogP contribution in [0.4, 0.5) is 0 Å². The summed E-state index contributed by atoms with van der Waals surface area (Å²) < 4.78 is 11.5. The van der Waals surface area contributed by atoms with Crippen LogP contribution in [0.2, 0.25) is 0 Å². The van der Waals surface area contributed by atoms with E-state index >= 15 is 0 Å². The van der Waals surface area contributed by atoms with Crippen LogP contribution in [0, 0.1) is 6.92 Å². The molecule has 2 heterocycles. The van der Waals surface area contributed by atoms with Crippen molar-refractivity contribution in [2.24, 2.45) is 0 Å². The molecule has 2 unspecified atom stereocenters. The van der Waals surface area contributed by atoms with E-state index in [-0.39, 0.29) is 18.1 Å². The average Bonchev–Trinajstić information content (AvgIpc) is 3.00. The lowest BCUT2D eigenvalue weighted by molar-refractivity contribution is -0.123. The van der Waals surface area contributed by atoms with Crippen molar-refractivity contribution in [3.8, 4) is 11.5 Å². The molecule has 2 atom stereocenters. The first-order valence-corrected chi connectivity index (χ1v) is 10.1. The fourth-order valence-corrected chi connectivity index (χ4v) is 3.99. The molecule has 0 saturated heterocycles. The zero-order valence-electron chi connectivity index (χ0n) is 16.3. The van der Waals surface area contributed by atoms with Crippen LogP contribution in [-0.2, 0) is 11.3 Å². The fourth-order valence-electron chi connectivity index (χ4n) is 3.19. The number of thiazole rings is 1. The highest BCUT2D eigenvalue weighted by molar-refractivity contribution is 7.09. The number of hydrogen-bond acceptors (Lipinski definition) is 6. The Hall–Kier alpha value is -2.12. The number of nitrogens with one attached hydrogen (secondary N) is 1. The number of benzene rings is 1. The largest absolute Gasteiger partial charge is 0.497 e. The summed E-state index contributed by atoms with van der Waals surface area (Å²) in [6.07, 6.45) is 0.949. The lowest BCUT2D eigenvalue weighted by Crippen LogP contribution is -2.41. The molecule has 0 spiro atoms. The van der Waals surface area contributed by atoms with Gasteiger partial charge in [0.15, 0.2) is 0 Å². The van der Waals surface area contributed by atoms with Crippen LogP contribution in [-0.4, -0.2) is 42.1 Å². The number of aromatic nitrogens is 1. The SMILES string of the molecule is CCC1CN(CC(=O)NC(C)c2nc(C)cs2)Cc2cc(OC)ccc2O1. The van der Waals surface area contributed by atoms with E-state index in [1.807, 2.05) is 37.4 Å². The molecule has 1 aliphatic heterocycles. The maximum Gasteiger partial charge on any atom is 0.234 e. The van der Waals surface area contributed by atoms with Gasteiger partial charge in [0.1, 0.15) is 22.6 Å². The van der Waals surface area contributed by atoms with Gasteiger partial charge in [-0.2, -0.15) is 0 Å². The molecule has 0 fully saturated rings. The number of rotatable bonds is 6. The smallest absolute Gasteiger partial charge is 0.234 e. The monoisotopic (exact) mass is 389 g/mol. The summed E-state index contributed by atoms with van der Waals surface area (Å²) in [5.74, 6) is 1.67. The summed E-state index contributed by atoms with van der Waals surface area (Å²) in [6, 6.07) is 5.76. The van der Waals surface area contributed by atoms with E-state index in [2.05, 4.69) is 22.1 Å². The minimum atomic E-state index is -0.0891. The number of carbonyl (C=O) groups is 1. The van der Waals surface area contributed by atoms with Crippen molar-refractivity contribution in [2.75, 3.05) is 20.2 Å². The molecular formula is C20H27N3O3S. The molecular weight excluding hydrogens is 362 g/mol. The van der Waals surface area contributed by atoms with Crippen LogP contribution in [0.25, 0.3) is 0 Å². The van der Waals surface area contributed by atoms with Gasteiger partial charge in [-0.3, -0.25) is 9.69 Å². The first-order valence-electron chi connectivity index (χ1n) is 9.25. The molecule has 27 heavy (non-hydrogen) atoms. The number of methoxy groups -OCH3 is 1. The zero-order chi connectivity index (χ0) is 19.4. The van der Waals surface area contributed by atoms with E-state index in [4.69, 9.17) is 9.47 Å². The predicted molar refractivity (Wildman–Crippen MR) is 106 cm³/mol. The molecule has 6 nitrogen and oxygen atoms in total. The first kappa shape index (κ1) is 19.6. The highest BCUT2D eigenvalue weighted by Crippen LogP contribution is 2.29. The van der Waals surface area contributed by atoms with Gasteiger partial charge in [-0.05, 0) is 38.5 Å².